The molecule has 0 aromatic heterocycles. The van der Waals surface area contributed by atoms with E-state index in [0.29, 0.717) is 28.6 Å². The number of nitrogens with two attached hydrogens (primary N) is 1. The van der Waals surface area contributed by atoms with Crippen molar-refractivity contribution in [3.05, 3.63) is 27.7 Å². The molecule has 1 amide bonds. The van der Waals surface area contributed by atoms with Crippen LogP contribution >= 0.6 is 23.2 Å². The highest BCUT2D eigenvalue weighted by molar-refractivity contribution is 6.35. The van der Waals surface area contributed by atoms with E-state index in [9.17, 15) is 4.79 Å². The van der Waals surface area contributed by atoms with E-state index in [1.165, 1.54) is 4.90 Å². The van der Waals surface area contributed by atoms with Gasteiger partial charge in [-0.15, -0.1) is 0 Å². The Morgan fingerprint density at radius 2 is 2.05 bits per heavy atom. The standard InChI is InChI=1S/C14H20Cl2N2O2/c1-9(17)6-10-7-11(15)8-12(16)14(10)20-5-4-13(19)18(2)3/h7-9H,4-6,17H2,1-3H3. The van der Waals surface area contributed by atoms with E-state index in [1.807, 2.05) is 6.92 Å². The second kappa shape index (κ2) is 7.72. The second-order valence-corrected chi connectivity index (χ2v) is 5.79. The lowest BCUT2D eigenvalue weighted by molar-refractivity contribution is -0.129. The Bertz CT molecular complexity index is 476. The lowest BCUT2D eigenvalue weighted by Crippen LogP contribution is -2.23. The first-order valence-electron chi connectivity index (χ1n) is 6.37. The maximum Gasteiger partial charge on any atom is 0.225 e. The monoisotopic (exact) mass is 318 g/mol. The van der Waals surface area contributed by atoms with E-state index in [4.69, 9.17) is 33.7 Å². The quantitative estimate of drug-likeness (QED) is 0.877. The van der Waals surface area contributed by atoms with Crippen LogP contribution in [0.3, 0.4) is 0 Å². The summed E-state index contributed by atoms with van der Waals surface area (Å²) in [6, 6.07) is 3.38. The summed E-state index contributed by atoms with van der Waals surface area (Å²) in [6.45, 7) is 2.17. The van der Waals surface area contributed by atoms with Crippen molar-refractivity contribution >= 4 is 29.1 Å². The summed E-state index contributed by atoms with van der Waals surface area (Å²) in [7, 11) is 3.41. The molecule has 0 bridgehead atoms. The van der Waals surface area contributed by atoms with Crippen molar-refractivity contribution in [1.29, 1.82) is 0 Å². The summed E-state index contributed by atoms with van der Waals surface area (Å²) in [6.07, 6.45) is 0.904. The SMILES string of the molecule is CC(N)Cc1cc(Cl)cc(Cl)c1OCCC(=O)N(C)C. The van der Waals surface area contributed by atoms with Crippen LogP contribution in [0.15, 0.2) is 12.1 Å². The third-order valence-corrected chi connectivity index (χ3v) is 3.19. The van der Waals surface area contributed by atoms with Crippen molar-refractivity contribution in [2.24, 2.45) is 5.73 Å². The third-order valence-electron chi connectivity index (χ3n) is 2.69. The normalized spacial score (nSPS) is 12.1. The van der Waals surface area contributed by atoms with E-state index >= 15 is 0 Å². The number of hydrogen-bond acceptors (Lipinski definition) is 3. The molecule has 0 fully saturated rings. The van der Waals surface area contributed by atoms with Gasteiger partial charge in [-0.05, 0) is 31.0 Å². The highest BCUT2D eigenvalue weighted by Gasteiger charge is 2.13. The number of ether oxygens (including phenoxy) is 1. The number of benzene rings is 1. The summed E-state index contributed by atoms with van der Waals surface area (Å²) in [4.78, 5) is 13.0. The highest BCUT2D eigenvalue weighted by atomic mass is 35.5. The fourth-order valence-corrected chi connectivity index (χ4v) is 2.33. The Kier molecular flexibility index (Phi) is 6.59. The van der Waals surface area contributed by atoms with Gasteiger partial charge in [-0.2, -0.15) is 0 Å². The number of carbonyl (C=O) groups is 1. The average Bonchev–Trinajstić information content (AvgIpc) is 2.31. The van der Waals surface area contributed by atoms with E-state index in [1.54, 1.807) is 26.2 Å². The molecular formula is C14H20Cl2N2O2. The lowest BCUT2D eigenvalue weighted by Gasteiger charge is -2.16. The van der Waals surface area contributed by atoms with Crippen LogP contribution in [-0.4, -0.2) is 37.6 Å². The molecule has 1 unspecified atom stereocenters. The first-order valence-corrected chi connectivity index (χ1v) is 7.13. The van der Waals surface area contributed by atoms with Crippen molar-refractivity contribution in [3.63, 3.8) is 0 Å². The molecule has 0 saturated heterocycles. The van der Waals surface area contributed by atoms with Gasteiger partial charge in [0.2, 0.25) is 5.91 Å². The molecule has 0 spiro atoms. The second-order valence-electron chi connectivity index (χ2n) is 4.94. The summed E-state index contributed by atoms with van der Waals surface area (Å²) < 4.78 is 5.65. The van der Waals surface area contributed by atoms with Gasteiger partial charge in [0.05, 0.1) is 18.1 Å². The Labute approximate surface area is 129 Å². The molecule has 1 aromatic carbocycles. The van der Waals surface area contributed by atoms with Gasteiger partial charge in [0.1, 0.15) is 5.75 Å². The van der Waals surface area contributed by atoms with Crippen LogP contribution in [0.4, 0.5) is 0 Å². The van der Waals surface area contributed by atoms with Crippen molar-refractivity contribution in [1.82, 2.24) is 4.90 Å². The van der Waals surface area contributed by atoms with E-state index in [2.05, 4.69) is 0 Å². The molecule has 0 aliphatic rings. The summed E-state index contributed by atoms with van der Waals surface area (Å²) in [5.41, 5.74) is 6.66. The molecule has 1 atom stereocenters. The van der Waals surface area contributed by atoms with Crippen molar-refractivity contribution < 1.29 is 9.53 Å². The van der Waals surface area contributed by atoms with Gasteiger partial charge in [-0.3, -0.25) is 4.79 Å². The molecule has 1 rings (SSSR count). The zero-order valence-electron chi connectivity index (χ0n) is 12.0. The topological polar surface area (TPSA) is 55.6 Å². The van der Waals surface area contributed by atoms with Crippen molar-refractivity contribution in [3.8, 4) is 5.75 Å². The number of amides is 1. The number of rotatable bonds is 6. The summed E-state index contributed by atoms with van der Waals surface area (Å²) in [5.74, 6) is 0.559. The predicted octanol–water partition coefficient (Wildman–Crippen LogP) is 2.74. The molecule has 0 saturated carbocycles. The highest BCUT2D eigenvalue weighted by Crippen LogP contribution is 2.33. The zero-order chi connectivity index (χ0) is 15.3. The van der Waals surface area contributed by atoms with Gasteiger partial charge >= 0.3 is 0 Å². The molecule has 6 heteroatoms. The maximum absolute atomic E-state index is 11.5. The van der Waals surface area contributed by atoms with Gasteiger partial charge in [0.25, 0.3) is 0 Å². The van der Waals surface area contributed by atoms with Crippen LogP contribution in [0, 0.1) is 0 Å². The smallest absolute Gasteiger partial charge is 0.225 e. The van der Waals surface area contributed by atoms with Crippen molar-refractivity contribution in [2.45, 2.75) is 25.8 Å². The molecule has 0 heterocycles. The lowest BCUT2D eigenvalue weighted by atomic mass is 10.1. The molecule has 0 radical (unpaired) electrons. The Hall–Kier alpha value is -0.970. The van der Waals surface area contributed by atoms with Crippen molar-refractivity contribution in [2.75, 3.05) is 20.7 Å². The average molecular weight is 319 g/mol. The molecular weight excluding hydrogens is 299 g/mol. The van der Waals surface area contributed by atoms with Gasteiger partial charge in [0.15, 0.2) is 0 Å². The van der Waals surface area contributed by atoms with Crippen LogP contribution in [0.25, 0.3) is 0 Å². The fourth-order valence-electron chi connectivity index (χ4n) is 1.74. The number of hydrogen-bond donors (Lipinski definition) is 1. The Morgan fingerprint density at radius 3 is 2.60 bits per heavy atom. The molecule has 112 valence electrons. The van der Waals surface area contributed by atoms with E-state index in [0.717, 1.165) is 5.56 Å². The minimum absolute atomic E-state index is 0.00355. The van der Waals surface area contributed by atoms with Crippen LogP contribution in [0.2, 0.25) is 10.0 Å². The first kappa shape index (κ1) is 17.1. The molecule has 0 aliphatic heterocycles. The van der Waals surface area contributed by atoms with E-state index in [-0.39, 0.29) is 18.6 Å². The Balaban J connectivity index is 2.79. The van der Waals surface area contributed by atoms with Crippen LogP contribution in [-0.2, 0) is 11.2 Å². The first-order chi connectivity index (χ1) is 9.31. The van der Waals surface area contributed by atoms with E-state index < -0.39 is 0 Å². The van der Waals surface area contributed by atoms with Crippen LogP contribution in [0.5, 0.6) is 5.75 Å². The maximum atomic E-state index is 11.5. The van der Waals surface area contributed by atoms with Crippen LogP contribution < -0.4 is 10.5 Å². The predicted molar refractivity (Wildman–Crippen MR) is 82.6 cm³/mol. The largest absolute Gasteiger partial charge is 0.491 e. The van der Waals surface area contributed by atoms with Gasteiger partial charge in [-0.1, -0.05) is 23.2 Å². The van der Waals surface area contributed by atoms with Gasteiger partial charge in [-0.25, -0.2) is 0 Å². The molecule has 20 heavy (non-hydrogen) atoms. The summed E-state index contributed by atoms with van der Waals surface area (Å²) >= 11 is 12.1. The zero-order valence-corrected chi connectivity index (χ0v) is 13.5. The molecule has 1 aromatic rings. The molecule has 4 nitrogen and oxygen atoms in total. The van der Waals surface area contributed by atoms with Gasteiger partial charge < -0.3 is 15.4 Å². The minimum Gasteiger partial charge on any atom is -0.491 e. The summed E-state index contributed by atoms with van der Waals surface area (Å²) in [5, 5.41) is 0.979. The third kappa shape index (κ3) is 5.19. The number of nitrogens with zero attached hydrogens (tertiary/aromatic N) is 1. The minimum atomic E-state index is -0.0321. The number of halogens is 2. The number of carbonyl (C=O) groups excluding carboxylic acids is 1. The van der Waals surface area contributed by atoms with Gasteiger partial charge in [0, 0.05) is 25.2 Å². The fraction of sp³-hybridized carbons (Fsp3) is 0.500. The Morgan fingerprint density at radius 1 is 1.40 bits per heavy atom. The van der Waals surface area contributed by atoms with Crippen LogP contribution in [0.1, 0.15) is 18.9 Å². The molecule has 0 aliphatic carbocycles. The molecule has 2 N–H and O–H groups in total.